The molecule has 0 aliphatic rings. The fourth-order valence-corrected chi connectivity index (χ4v) is 8.24. The molecule has 0 radical (unpaired) electrons. The van der Waals surface area contributed by atoms with Crippen LogP contribution in [0.25, 0.3) is 98.1 Å². The van der Waals surface area contributed by atoms with Crippen LogP contribution in [0.4, 0.5) is 0 Å². The molecule has 0 aliphatic heterocycles. The van der Waals surface area contributed by atoms with Gasteiger partial charge < -0.3 is 9.13 Å². The van der Waals surface area contributed by atoms with Crippen LogP contribution in [0.5, 0.6) is 0 Å². The summed E-state index contributed by atoms with van der Waals surface area (Å²) in [6.07, 6.45) is 0. The molecule has 0 spiro atoms. The van der Waals surface area contributed by atoms with E-state index in [1.54, 1.807) is 0 Å². The highest BCUT2D eigenvalue weighted by atomic mass is 15.0. The van der Waals surface area contributed by atoms with Gasteiger partial charge in [0.2, 0.25) is 0 Å². The average Bonchev–Trinajstić information content (AvgIpc) is 3.66. The van der Waals surface area contributed by atoms with Crippen molar-refractivity contribution in [3.05, 3.63) is 170 Å². The lowest BCUT2D eigenvalue weighted by Gasteiger charge is -2.12. The van der Waals surface area contributed by atoms with Crippen molar-refractivity contribution in [1.82, 2.24) is 9.13 Å². The van der Waals surface area contributed by atoms with Gasteiger partial charge in [-0.2, -0.15) is 0 Å². The van der Waals surface area contributed by atoms with E-state index in [0.29, 0.717) is 0 Å². The van der Waals surface area contributed by atoms with Gasteiger partial charge in [0, 0.05) is 38.3 Å². The Morgan fingerprint density at radius 2 is 0.750 bits per heavy atom. The van der Waals surface area contributed by atoms with E-state index in [0.717, 1.165) is 0 Å². The standard InChI is InChI=1S/C46H28N2/c1-3-12-32-25-36(20-17-29(32)9-1)47-41-23-24-42-44(45(41)40-27-34-14-5-6-15-35(34)28-43(40)47)39-22-19-31-11-7-8-16-38(31)46(39)48(42)37-21-18-30-10-2-4-13-33(30)26-37/h1-28H. The summed E-state index contributed by atoms with van der Waals surface area (Å²) in [4.78, 5) is 0. The number of hydrogen-bond donors (Lipinski definition) is 0. The molecule has 0 fully saturated rings. The lowest BCUT2D eigenvalue weighted by atomic mass is 10.0. The van der Waals surface area contributed by atoms with Gasteiger partial charge in [0.25, 0.3) is 0 Å². The maximum absolute atomic E-state index is 2.50. The Labute approximate surface area is 276 Å². The molecule has 0 atom stereocenters. The van der Waals surface area contributed by atoms with Gasteiger partial charge in [-0.05, 0) is 86.2 Å². The Bertz CT molecular complexity index is 3110. The number of benzene rings is 9. The first-order valence-electron chi connectivity index (χ1n) is 16.6. The van der Waals surface area contributed by atoms with Crippen molar-refractivity contribution in [1.29, 1.82) is 0 Å². The molecule has 9 aromatic carbocycles. The Morgan fingerprint density at radius 1 is 0.271 bits per heavy atom. The summed E-state index contributed by atoms with van der Waals surface area (Å²) in [6, 6.07) is 62.7. The normalized spacial score (nSPS) is 12.2. The second kappa shape index (κ2) is 9.57. The van der Waals surface area contributed by atoms with Crippen molar-refractivity contribution in [2.24, 2.45) is 0 Å². The average molecular weight is 609 g/mol. The molecule has 11 aromatic rings. The topological polar surface area (TPSA) is 9.86 Å². The van der Waals surface area contributed by atoms with Gasteiger partial charge in [0.1, 0.15) is 0 Å². The third kappa shape index (κ3) is 3.52. The highest BCUT2D eigenvalue weighted by Gasteiger charge is 2.22. The number of hydrogen-bond acceptors (Lipinski definition) is 0. The quantitative estimate of drug-likeness (QED) is 0.185. The molecule has 2 nitrogen and oxygen atoms in total. The zero-order chi connectivity index (χ0) is 31.3. The van der Waals surface area contributed by atoms with Gasteiger partial charge in [-0.3, -0.25) is 0 Å². The van der Waals surface area contributed by atoms with Gasteiger partial charge >= 0.3 is 0 Å². The highest BCUT2D eigenvalue weighted by Crippen LogP contribution is 2.45. The predicted octanol–water partition coefficient (Wildman–Crippen LogP) is 12.5. The summed E-state index contributed by atoms with van der Waals surface area (Å²) < 4.78 is 4.97. The van der Waals surface area contributed by atoms with Crippen molar-refractivity contribution in [3.8, 4) is 11.4 Å². The maximum atomic E-state index is 2.50. The molecule has 0 amide bonds. The molecular formula is C46H28N2. The van der Waals surface area contributed by atoms with Crippen molar-refractivity contribution in [2.45, 2.75) is 0 Å². The minimum Gasteiger partial charge on any atom is -0.309 e. The van der Waals surface area contributed by atoms with E-state index in [1.165, 1.54) is 98.1 Å². The fraction of sp³-hybridized carbons (Fsp3) is 0. The van der Waals surface area contributed by atoms with E-state index in [4.69, 9.17) is 0 Å². The van der Waals surface area contributed by atoms with Gasteiger partial charge in [-0.25, -0.2) is 0 Å². The number of aromatic nitrogens is 2. The molecule has 222 valence electrons. The minimum atomic E-state index is 1.17. The Kier molecular flexibility index (Phi) is 5.14. The summed E-state index contributed by atoms with van der Waals surface area (Å²) >= 11 is 0. The molecule has 11 rings (SSSR count). The van der Waals surface area contributed by atoms with Crippen LogP contribution >= 0.6 is 0 Å². The molecular weight excluding hydrogens is 581 g/mol. The molecule has 0 bridgehead atoms. The summed E-state index contributed by atoms with van der Waals surface area (Å²) in [5.41, 5.74) is 7.25. The SMILES string of the molecule is c1ccc2cc(-n3c4cc5ccccc5cc4c4c5c6ccc7ccccc7c6n(-c6ccc7ccccc7c6)c5ccc43)ccc2c1. The maximum Gasteiger partial charge on any atom is 0.0619 e. The lowest BCUT2D eigenvalue weighted by Crippen LogP contribution is -1.95. The molecule has 0 unspecified atom stereocenters. The zero-order valence-corrected chi connectivity index (χ0v) is 26.1. The van der Waals surface area contributed by atoms with Gasteiger partial charge in [0.05, 0.1) is 22.1 Å². The summed E-state index contributed by atoms with van der Waals surface area (Å²) in [5.74, 6) is 0. The van der Waals surface area contributed by atoms with Crippen LogP contribution in [0.2, 0.25) is 0 Å². The van der Waals surface area contributed by atoms with E-state index >= 15 is 0 Å². The third-order valence-corrected chi connectivity index (χ3v) is 10.4. The lowest BCUT2D eigenvalue weighted by molar-refractivity contribution is 1.18. The van der Waals surface area contributed by atoms with Crippen LogP contribution < -0.4 is 0 Å². The Morgan fingerprint density at radius 3 is 1.42 bits per heavy atom. The van der Waals surface area contributed by atoms with Crippen LogP contribution in [-0.2, 0) is 0 Å². The molecule has 48 heavy (non-hydrogen) atoms. The predicted molar refractivity (Wildman–Crippen MR) is 205 cm³/mol. The summed E-state index contributed by atoms with van der Waals surface area (Å²) in [7, 11) is 0. The summed E-state index contributed by atoms with van der Waals surface area (Å²) in [5, 5.41) is 15.1. The molecule has 0 saturated carbocycles. The molecule has 0 aliphatic carbocycles. The highest BCUT2D eigenvalue weighted by molar-refractivity contribution is 6.32. The third-order valence-electron chi connectivity index (χ3n) is 10.4. The molecule has 0 saturated heterocycles. The van der Waals surface area contributed by atoms with E-state index in [2.05, 4.69) is 179 Å². The van der Waals surface area contributed by atoms with Crippen LogP contribution in [0.1, 0.15) is 0 Å². The van der Waals surface area contributed by atoms with Gasteiger partial charge in [0.15, 0.2) is 0 Å². The van der Waals surface area contributed by atoms with E-state index in [-0.39, 0.29) is 0 Å². The van der Waals surface area contributed by atoms with Crippen LogP contribution in [0, 0.1) is 0 Å². The number of fused-ring (bicyclic) bond motifs is 12. The van der Waals surface area contributed by atoms with Crippen LogP contribution in [-0.4, -0.2) is 9.13 Å². The first kappa shape index (κ1) is 25.8. The van der Waals surface area contributed by atoms with Gasteiger partial charge in [-0.15, -0.1) is 0 Å². The van der Waals surface area contributed by atoms with E-state index in [9.17, 15) is 0 Å². The van der Waals surface area contributed by atoms with E-state index in [1.807, 2.05) is 0 Å². The van der Waals surface area contributed by atoms with Crippen molar-refractivity contribution >= 4 is 86.7 Å². The zero-order valence-electron chi connectivity index (χ0n) is 26.1. The number of rotatable bonds is 2. The molecule has 0 N–H and O–H groups in total. The second-order valence-corrected chi connectivity index (χ2v) is 13.0. The first-order valence-corrected chi connectivity index (χ1v) is 16.6. The number of nitrogens with zero attached hydrogens (tertiary/aromatic N) is 2. The monoisotopic (exact) mass is 608 g/mol. The van der Waals surface area contributed by atoms with Crippen LogP contribution in [0.3, 0.4) is 0 Å². The van der Waals surface area contributed by atoms with Gasteiger partial charge in [-0.1, -0.05) is 121 Å². The molecule has 2 heteroatoms. The second-order valence-electron chi connectivity index (χ2n) is 13.0. The van der Waals surface area contributed by atoms with Crippen LogP contribution in [0.15, 0.2) is 170 Å². The Hall–Kier alpha value is -6.38. The van der Waals surface area contributed by atoms with Crippen molar-refractivity contribution in [2.75, 3.05) is 0 Å². The molecule has 2 aromatic heterocycles. The molecule has 2 heterocycles. The minimum absolute atomic E-state index is 1.17. The van der Waals surface area contributed by atoms with Crippen molar-refractivity contribution in [3.63, 3.8) is 0 Å². The largest absolute Gasteiger partial charge is 0.309 e. The first-order chi connectivity index (χ1) is 23.8. The van der Waals surface area contributed by atoms with Crippen molar-refractivity contribution < 1.29 is 0 Å². The summed E-state index contributed by atoms with van der Waals surface area (Å²) in [6.45, 7) is 0. The Balaban J connectivity index is 1.36. The smallest absolute Gasteiger partial charge is 0.0619 e. The van der Waals surface area contributed by atoms with E-state index < -0.39 is 0 Å². The fourth-order valence-electron chi connectivity index (χ4n) is 8.24.